The third kappa shape index (κ3) is 2.27. The molecule has 1 aromatic heterocycles. The van der Waals surface area contributed by atoms with Crippen LogP contribution in [0.3, 0.4) is 0 Å². The lowest BCUT2D eigenvalue weighted by Crippen LogP contribution is -2.51. The molecule has 19 heavy (non-hydrogen) atoms. The second-order valence-corrected chi connectivity index (χ2v) is 4.33. The van der Waals surface area contributed by atoms with Crippen molar-refractivity contribution in [3.05, 3.63) is 11.3 Å². The molecule has 1 unspecified atom stereocenters. The van der Waals surface area contributed by atoms with E-state index in [0.29, 0.717) is 30.2 Å². The second kappa shape index (κ2) is 5.28. The first kappa shape index (κ1) is 13.4. The number of aromatic nitrogens is 2. The molecule has 0 aromatic carbocycles. The molecule has 0 N–H and O–H groups in total. The van der Waals surface area contributed by atoms with Crippen molar-refractivity contribution in [2.24, 2.45) is 7.05 Å². The highest BCUT2D eigenvalue weighted by Crippen LogP contribution is 2.26. The average Bonchev–Trinajstić information content (AvgIpc) is 2.71. The van der Waals surface area contributed by atoms with E-state index in [1.54, 1.807) is 18.7 Å². The van der Waals surface area contributed by atoms with Gasteiger partial charge in [0.15, 0.2) is 6.04 Å². The first-order valence-electron chi connectivity index (χ1n) is 5.96. The number of nitriles is 1. The monoisotopic (exact) mass is 264 g/mol. The van der Waals surface area contributed by atoms with E-state index in [1.165, 1.54) is 7.11 Å². The molecule has 1 fully saturated rings. The highest BCUT2D eigenvalue weighted by atomic mass is 16.5. The number of aryl methyl sites for hydroxylation is 2. The van der Waals surface area contributed by atoms with Crippen LogP contribution in [0, 0.1) is 18.3 Å². The van der Waals surface area contributed by atoms with Gasteiger partial charge in [0.1, 0.15) is 17.5 Å². The van der Waals surface area contributed by atoms with Crippen LogP contribution in [0.4, 0.5) is 5.82 Å². The molecule has 1 saturated heterocycles. The van der Waals surface area contributed by atoms with Gasteiger partial charge in [-0.15, -0.1) is 0 Å². The number of methoxy groups -OCH3 is 1. The summed E-state index contributed by atoms with van der Waals surface area (Å²) in [6, 6.07) is 1.60. The van der Waals surface area contributed by atoms with Gasteiger partial charge in [0.25, 0.3) is 0 Å². The van der Waals surface area contributed by atoms with Gasteiger partial charge in [-0.1, -0.05) is 0 Å². The Bertz CT molecular complexity index is 532. The van der Waals surface area contributed by atoms with Gasteiger partial charge in [-0.2, -0.15) is 10.4 Å². The van der Waals surface area contributed by atoms with E-state index in [0.717, 1.165) is 0 Å². The summed E-state index contributed by atoms with van der Waals surface area (Å²) in [6.07, 6.45) is 0. The standard InChI is InChI=1S/C12H16N4O3/c1-8-9(6-13)11(15(2)14-8)16-4-5-19-7-10(16)12(17)18-3/h10H,4-5,7H2,1-3H3. The van der Waals surface area contributed by atoms with E-state index in [4.69, 9.17) is 9.47 Å². The number of hydrogen-bond acceptors (Lipinski definition) is 6. The topological polar surface area (TPSA) is 80.4 Å². The van der Waals surface area contributed by atoms with Crippen molar-refractivity contribution in [3.8, 4) is 6.07 Å². The zero-order chi connectivity index (χ0) is 14.0. The van der Waals surface area contributed by atoms with Crippen molar-refractivity contribution in [2.45, 2.75) is 13.0 Å². The minimum absolute atomic E-state index is 0.252. The smallest absolute Gasteiger partial charge is 0.330 e. The molecule has 1 aliphatic rings. The molecule has 2 rings (SSSR count). The molecule has 7 nitrogen and oxygen atoms in total. The number of rotatable bonds is 2. The Labute approximate surface area is 111 Å². The molecule has 0 radical (unpaired) electrons. The van der Waals surface area contributed by atoms with Crippen LogP contribution in [-0.4, -0.2) is 48.7 Å². The summed E-state index contributed by atoms with van der Waals surface area (Å²) in [5.74, 6) is 0.265. The number of nitrogens with zero attached hydrogens (tertiary/aromatic N) is 4. The summed E-state index contributed by atoms with van der Waals surface area (Å²) in [7, 11) is 3.10. The van der Waals surface area contributed by atoms with Crippen LogP contribution in [-0.2, 0) is 21.3 Å². The Hall–Kier alpha value is -2.07. The van der Waals surface area contributed by atoms with E-state index in [9.17, 15) is 10.1 Å². The largest absolute Gasteiger partial charge is 0.467 e. The highest BCUT2D eigenvalue weighted by Gasteiger charge is 2.34. The molecule has 0 aliphatic carbocycles. The molecule has 0 amide bonds. The van der Waals surface area contributed by atoms with Crippen molar-refractivity contribution < 1.29 is 14.3 Å². The lowest BCUT2D eigenvalue weighted by molar-refractivity contribution is -0.144. The van der Waals surface area contributed by atoms with E-state index < -0.39 is 6.04 Å². The Morgan fingerprint density at radius 1 is 1.63 bits per heavy atom. The third-order valence-corrected chi connectivity index (χ3v) is 3.18. The van der Waals surface area contributed by atoms with Gasteiger partial charge in [-0.25, -0.2) is 4.79 Å². The molecule has 0 saturated carbocycles. The maximum absolute atomic E-state index is 11.8. The first-order chi connectivity index (χ1) is 9.10. The molecular weight excluding hydrogens is 248 g/mol. The van der Waals surface area contributed by atoms with Crippen LogP contribution in [0.2, 0.25) is 0 Å². The lowest BCUT2D eigenvalue weighted by atomic mass is 10.2. The minimum atomic E-state index is -0.541. The van der Waals surface area contributed by atoms with Gasteiger partial charge in [-0.3, -0.25) is 4.68 Å². The number of carbonyl (C=O) groups excluding carboxylic acids is 1. The van der Waals surface area contributed by atoms with Crippen molar-refractivity contribution in [3.63, 3.8) is 0 Å². The molecular formula is C12H16N4O3. The Morgan fingerprint density at radius 3 is 3.00 bits per heavy atom. The van der Waals surface area contributed by atoms with Gasteiger partial charge in [0.05, 0.1) is 26.0 Å². The van der Waals surface area contributed by atoms with Crippen LogP contribution in [0.1, 0.15) is 11.3 Å². The molecule has 102 valence electrons. The first-order valence-corrected chi connectivity index (χ1v) is 5.96. The summed E-state index contributed by atoms with van der Waals surface area (Å²) in [4.78, 5) is 13.6. The fourth-order valence-electron chi connectivity index (χ4n) is 2.29. The van der Waals surface area contributed by atoms with Gasteiger partial charge in [0, 0.05) is 13.6 Å². The Balaban J connectivity index is 2.43. The summed E-state index contributed by atoms with van der Waals surface area (Å²) in [6.45, 7) is 3.05. The molecule has 1 atom stereocenters. The highest BCUT2D eigenvalue weighted by molar-refractivity contribution is 5.81. The summed E-state index contributed by atoms with van der Waals surface area (Å²) in [5, 5.41) is 13.5. The fourth-order valence-corrected chi connectivity index (χ4v) is 2.29. The summed E-state index contributed by atoms with van der Waals surface area (Å²) < 4.78 is 11.7. The Morgan fingerprint density at radius 2 is 2.37 bits per heavy atom. The zero-order valence-corrected chi connectivity index (χ0v) is 11.2. The van der Waals surface area contributed by atoms with Crippen LogP contribution in [0.15, 0.2) is 0 Å². The number of ether oxygens (including phenoxy) is 2. The molecule has 1 aliphatic heterocycles. The number of carbonyl (C=O) groups is 1. The van der Waals surface area contributed by atoms with E-state index >= 15 is 0 Å². The molecule has 2 heterocycles. The number of esters is 1. The third-order valence-electron chi connectivity index (χ3n) is 3.18. The van der Waals surface area contributed by atoms with Crippen LogP contribution >= 0.6 is 0 Å². The predicted octanol–water partition coefficient (Wildman–Crippen LogP) is -0.0216. The normalized spacial score (nSPS) is 19.1. The average molecular weight is 264 g/mol. The van der Waals surface area contributed by atoms with Crippen LogP contribution < -0.4 is 4.90 Å². The number of morpholine rings is 1. The lowest BCUT2D eigenvalue weighted by Gasteiger charge is -2.35. The minimum Gasteiger partial charge on any atom is -0.467 e. The summed E-state index contributed by atoms with van der Waals surface area (Å²) in [5.41, 5.74) is 1.13. The van der Waals surface area contributed by atoms with Crippen LogP contribution in [0.5, 0.6) is 0 Å². The van der Waals surface area contributed by atoms with Gasteiger partial charge < -0.3 is 14.4 Å². The van der Waals surface area contributed by atoms with Crippen LogP contribution in [0.25, 0.3) is 0 Å². The maximum atomic E-state index is 11.8. The van der Waals surface area contributed by atoms with Crippen molar-refractivity contribution in [1.29, 1.82) is 5.26 Å². The van der Waals surface area contributed by atoms with Crippen molar-refractivity contribution in [2.75, 3.05) is 31.8 Å². The SMILES string of the molecule is COC(=O)C1COCCN1c1c(C#N)c(C)nn1C. The Kier molecular flexibility index (Phi) is 3.71. The molecule has 1 aromatic rings. The summed E-state index contributed by atoms with van der Waals surface area (Å²) >= 11 is 0. The predicted molar refractivity (Wildman–Crippen MR) is 66.6 cm³/mol. The van der Waals surface area contributed by atoms with Gasteiger partial charge in [-0.05, 0) is 6.92 Å². The fraction of sp³-hybridized carbons (Fsp3) is 0.583. The zero-order valence-electron chi connectivity index (χ0n) is 11.2. The number of hydrogen-bond donors (Lipinski definition) is 0. The van der Waals surface area contributed by atoms with E-state index in [-0.39, 0.29) is 12.6 Å². The van der Waals surface area contributed by atoms with E-state index in [1.807, 2.05) is 4.90 Å². The second-order valence-electron chi connectivity index (χ2n) is 4.33. The quantitative estimate of drug-likeness (QED) is 0.698. The number of anilines is 1. The van der Waals surface area contributed by atoms with Crippen molar-refractivity contribution in [1.82, 2.24) is 9.78 Å². The van der Waals surface area contributed by atoms with Crippen molar-refractivity contribution >= 4 is 11.8 Å². The maximum Gasteiger partial charge on any atom is 0.330 e. The molecule has 0 spiro atoms. The molecule has 7 heteroatoms. The van der Waals surface area contributed by atoms with Gasteiger partial charge >= 0.3 is 5.97 Å². The molecule has 0 bridgehead atoms. The van der Waals surface area contributed by atoms with E-state index in [2.05, 4.69) is 11.2 Å². The van der Waals surface area contributed by atoms with Gasteiger partial charge in [0.2, 0.25) is 0 Å².